The third-order valence-corrected chi connectivity index (χ3v) is 5.16. The number of hydrogen-bond acceptors (Lipinski definition) is 6. The standard InChI is InChI=1S/C20H29N5O/c1-14(2)15-5-7-17(8-6-15)26-20-18(21)19(22-13-23-20)25(4)16-9-11-24(3)12-10-16/h5-8,13-14,16H,9-12,21H2,1-4H3. The van der Waals surface area contributed by atoms with Crippen LogP contribution < -0.4 is 15.4 Å². The van der Waals surface area contributed by atoms with Gasteiger partial charge < -0.3 is 20.3 Å². The number of anilines is 2. The number of likely N-dealkylation sites (tertiary alicyclic amines) is 1. The van der Waals surface area contributed by atoms with E-state index in [9.17, 15) is 0 Å². The summed E-state index contributed by atoms with van der Waals surface area (Å²) >= 11 is 0. The summed E-state index contributed by atoms with van der Waals surface area (Å²) < 4.78 is 5.93. The number of benzene rings is 1. The molecule has 1 fully saturated rings. The number of nitrogens with zero attached hydrogens (tertiary/aromatic N) is 4. The van der Waals surface area contributed by atoms with Crippen molar-refractivity contribution in [2.45, 2.75) is 38.6 Å². The van der Waals surface area contributed by atoms with Crippen LogP contribution >= 0.6 is 0 Å². The van der Waals surface area contributed by atoms with Crippen LogP contribution in [-0.2, 0) is 0 Å². The van der Waals surface area contributed by atoms with Crippen molar-refractivity contribution >= 4 is 11.5 Å². The summed E-state index contributed by atoms with van der Waals surface area (Å²) in [6.07, 6.45) is 3.72. The summed E-state index contributed by atoms with van der Waals surface area (Å²) in [5.41, 5.74) is 8.10. The van der Waals surface area contributed by atoms with Gasteiger partial charge in [0.15, 0.2) is 5.82 Å². The van der Waals surface area contributed by atoms with E-state index in [2.05, 4.69) is 59.8 Å². The number of nitrogen functional groups attached to an aromatic ring is 1. The van der Waals surface area contributed by atoms with Crippen LogP contribution in [0.5, 0.6) is 11.6 Å². The van der Waals surface area contributed by atoms with Gasteiger partial charge >= 0.3 is 0 Å². The van der Waals surface area contributed by atoms with E-state index in [4.69, 9.17) is 10.5 Å². The zero-order valence-corrected chi connectivity index (χ0v) is 16.1. The lowest BCUT2D eigenvalue weighted by Crippen LogP contribution is -2.42. The van der Waals surface area contributed by atoms with Crippen LogP contribution in [0, 0.1) is 0 Å². The molecule has 2 N–H and O–H groups in total. The van der Waals surface area contributed by atoms with Gasteiger partial charge in [-0.3, -0.25) is 0 Å². The molecule has 1 aliphatic heterocycles. The minimum atomic E-state index is 0.409. The monoisotopic (exact) mass is 355 g/mol. The predicted octanol–water partition coefficient (Wildman–Crippen LogP) is 3.50. The van der Waals surface area contributed by atoms with Crippen LogP contribution in [-0.4, -0.2) is 48.1 Å². The Morgan fingerprint density at radius 2 is 1.81 bits per heavy atom. The molecule has 0 spiro atoms. The van der Waals surface area contributed by atoms with E-state index in [1.165, 1.54) is 11.9 Å². The van der Waals surface area contributed by atoms with E-state index in [-0.39, 0.29) is 0 Å². The molecule has 0 unspecified atom stereocenters. The maximum absolute atomic E-state index is 6.34. The number of ether oxygens (including phenoxy) is 1. The van der Waals surface area contributed by atoms with Crippen LogP contribution in [0.2, 0.25) is 0 Å². The quantitative estimate of drug-likeness (QED) is 0.885. The maximum atomic E-state index is 6.34. The number of hydrogen-bond donors (Lipinski definition) is 1. The molecule has 6 heteroatoms. The normalized spacial score (nSPS) is 16.0. The summed E-state index contributed by atoms with van der Waals surface area (Å²) in [5.74, 6) is 2.37. The Morgan fingerprint density at radius 3 is 2.42 bits per heavy atom. The highest BCUT2D eigenvalue weighted by Crippen LogP contribution is 2.33. The molecule has 0 amide bonds. The first kappa shape index (κ1) is 18.5. The van der Waals surface area contributed by atoms with Crippen LogP contribution in [0.25, 0.3) is 0 Å². The highest BCUT2D eigenvalue weighted by Gasteiger charge is 2.24. The van der Waals surface area contributed by atoms with E-state index in [1.807, 2.05) is 12.1 Å². The summed E-state index contributed by atoms with van der Waals surface area (Å²) in [6.45, 7) is 6.52. The van der Waals surface area contributed by atoms with Gasteiger partial charge in [-0.2, -0.15) is 4.98 Å². The first-order valence-corrected chi connectivity index (χ1v) is 9.25. The molecule has 6 nitrogen and oxygen atoms in total. The van der Waals surface area contributed by atoms with Crippen molar-refractivity contribution in [2.75, 3.05) is 37.8 Å². The average molecular weight is 355 g/mol. The molecule has 1 aliphatic rings. The van der Waals surface area contributed by atoms with Gasteiger partial charge in [0.2, 0.25) is 5.88 Å². The molecular formula is C20H29N5O. The van der Waals surface area contributed by atoms with Crippen LogP contribution in [0.1, 0.15) is 38.2 Å². The number of rotatable bonds is 5. The molecule has 1 aromatic heterocycles. The van der Waals surface area contributed by atoms with Crippen molar-refractivity contribution in [3.8, 4) is 11.6 Å². The van der Waals surface area contributed by atoms with Crippen molar-refractivity contribution in [1.29, 1.82) is 0 Å². The number of piperidine rings is 1. The Hall–Kier alpha value is -2.34. The minimum Gasteiger partial charge on any atom is -0.437 e. The lowest BCUT2D eigenvalue weighted by atomic mass is 10.0. The second-order valence-electron chi connectivity index (χ2n) is 7.39. The Bertz CT molecular complexity index is 723. The second kappa shape index (κ2) is 7.91. The van der Waals surface area contributed by atoms with Crippen molar-refractivity contribution < 1.29 is 4.74 Å². The lowest BCUT2D eigenvalue weighted by molar-refractivity contribution is 0.252. The predicted molar refractivity (Wildman–Crippen MR) is 106 cm³/mol. The van der Waals surface area contributed by atoms with E-state index >= 15 is 0 Å². The highest BCUT2D eigenvalue weighted by molar-refractivity contribution is 5.68. The van der Waals surface area contributed by atoms with Crippen molar-refractivity contribution in [3.63, 3.8) is 0 Å². The molecule has 0 radical (unpaired) electrons. The fourth-order valence-corrected chi connectivity index (χ4v) is 3.32. The zero-order valence-electron chi connectivity index (χ0n) is 16.1. The zero-order chi connectivity index (χ0) is 18.7. The molecule has 0 atom stereocenters. The Balaban J connectivity index is 1.76. The molecule has 0 aliphatic carbocycles. The van der Waals surface area contributed by atoms with Crippen molar-refractivity contribution in [2.24, 2.45) is 0 Å². The van der Waals surface area contributed by atoms with E-state index in [0.717, 1.165) is 37.5 Å². The molecule has 0 saturated carbocycles. The van der Waals surface area contributed by atoms with Gasteiger partial charge in [0.1, 0.15) is 17.8 Å². The molecule has 26 heavy (non-hydrogen) atoms. The molecule has 3 rings (SSSR count). The fourth-order valence-electron chi connectivity index (χ4n) is 3.32. The van der Waals surface area contributed by atoms with Gasteiger partial charge in [-0.1, -0.05) is 26.0 Å². The lowest BCUT2D eigenvalue weighted by Gasteiger charge is -2.36. The smallest absolute Gasteiger partial charge is 0.248 e. The Kier molecular flexibility index (Phi) is 5.61. The maximum Gasteiger partial charge on any atom is 0.248 e. The van der Waals surface area contributed by atoms with E-state index < -0.39 is 0 Å². The minimum absolute atomic E-state index is 0.409. The van der Waals surface area contributed by atoms with E-state index in [1.54, 1.807) is 0 Å². The topological polar surface area (TPSA) is 67.5 Å². The van der Waals surface area contributed by atoms with Crippen molar-refractivity contribution in [1.82, 2.24) is 14.9 Å². The van der Waals surface area contributed by atoms with Gasteiger partial charge in [-0.25, -0.2) is 4.98 Å². The number of aromatic nitrogens is 2. The number of nitrogens with two attached hydrogens (primary N) is 1. The molecule has 0 bridgehead atoms. The molecular weight excluding hydrogens is 326 g/mol. The van der Waals surface area contributed by atoms with Gasteiger partial charge in [0.05, 0.1) is 0 Å². The Labute approximate surface area is 156 Å². The van der Waals surface area contributed by atoms with Crippen LogP contribution in [0.3, 0.4) is 0 Å². The SMILES string of the molecule is CC(C)c1ccc(Oc2ncnc(N(C)C3CCN(C)CC3)c2N)cc1. The van der Waals surface area contributed by atoms with Gasteiger partial charge in [0.25, 0.3) is 0 Å². The molecule has 1 saturated heterocycles. The van der Waals surface area contributed by atoms with Gasteiger partial charge in [-0.05, 0) is 56.6 Å². The first-order chi connectivity index (χ1) is 12.5. The summed E-state index contributed by atoms with van der Waals surface area (Å²) in [7, 11) is 4.21. The van der Waals surface area contributed by atoms with Crippen molar-refractivity contribution in [3.05, 3.63) is 36.2 Å². The molecule has 140 valence electrons. The van der Waals surface area contributed by atoms with Gasteiger partial charge in [-0.15, -0.1) is 0 Å². The summed E-state index contributed by atoms with van der Waals surface area (Å²) in [5, 5.41) is 0. The van der Waals surface area contributed by atoms with Crippen LogP contribution in [0.4, 0.5) is 11.5 Å². The fraction of sp³-hybridized carbons (Fsp3) is 0.500. The summed E-state index contributed by atoms with van der Waals surface area (Å²) in [4.78, 5) is 13.2. The average Bonchev–Trinajstić information content (AvgIpc) is 2.64. The third-order valence-electron chi connectivity index (χ3n) is 5.16. The second-order valence-corrected chi connectivity index (χ2v) is 7.39. The van der Waals surface area contributed by atoms with E-state index in [0.29, 0.717) is 23.5 Å². The largest absolute Gasteiger partial charge is 0.437 e. The molecule has 2 aromatic rings. The third kappa shape index (κ3) is 4.07. The molecule has 2 heterocycles. The summed E-state index contributed by atoms with van der Waals surface area (Å²) in [6, 6.07) is 8.49. The Morgan fingerprint density at radius 1 is 1.15 bits per heavy atom. The highest BCUT2D eigenvalue weighted by atomic mass is 16.5. The first-order valence-electron chi connectivity index (χ1n) is 9.25. The van der Waals surface area contributed by atoms with Crippen LogP contribution in [0.15, 0.2) is 30.6 Å². The van der Waals surface area contributed by atoms with Gasteiger partial charge in [0, 0.05) is 13.1 Å². The molecule has 1 aromatic carbocycles.